The van der Waals surface area contributed by atoms with E-state index in [1.54, 1.807) is 6.92 Å². The maximum Gasteiger partial charge on any atom is 0.328 e. The molecule has 78 valence electrons. The number of nitrogens with two attached hydrogens (primary N) is 1. The first-order chi connectivity index (χ1) is 6.41. The monoisotopic (exact) mass is 200 g/mol. The van der Waals surface area contributed by atoms with Crippen LogP contribution in [0, 0.1) is 0 Å². The molecule has 0 spiro atoms. The van der Waals surface area contributed by atoms with E-state index in [1.165, 1.54) is 0 Å². The topological polar surface area (TPSA) is 109 Å². The second-order valence-corrected chi connectivity index (χ2v) is 2.75. The fraction of sp³-hybridized carbons (Fsp3) is 0.375. The molecule has 0 aliphatic carbocycles. The van der Waals surface area contributed by atoms with Gasteiger partial charge in [-0.2, -0.15) is 0 Å². The molecule has 0 aliphatic rings. The van der Waals surface area contributed by atoms with Gasteiger partial charge in [-0.1, -0.05) is 0 Å². The van der Waals surface area contributed by atoms with Crippen molar-refractivity contribution in [2.45, 2.75) is 19.4 Å². The summed E-state index contributed by atoms with van der Waals surface area (Å²) in [6.45, 7) is 1.59. The van der Waals surface area contributed by atoms with Crippen LogP contribution in [0.3, 0.4) is 0 Å². The molecule has 6 nitrogen and oxygen atoms in total. The molecule has 14 heavy (non-hydrogen) atoms. The highest BCUT2D eigenvalue weighted by atomic mass is 16.4. The van der Waals surface area contributed by atoms with Crippen molar-refractivity contribution in [3.05, 3.63) is 12.2 Å². The summed E-state index contributed by atoms with van der Waals surface area (Å²) < 4.78 is 0. The summed E-state index contributed by atoms with van der Waals surface area (Å²) in [6.07, 6.45) is 1.61. The first kappa shape index (κ1) is 12.2. The summed E-state index contributed by atoms with van der Waals surface area (Å²) in [6, 6.07) is -0.404. The van der Waals surface area contributed by atoms with Crippen molar-refractivity contribution in [1.82, 2.24) is 5.32 Å². The Morgan fingerprint density at radius 3 is 2.43 bits per heavy atom. The van der Waals surface area contributed by atoms with E-state index >= 15 is 0 Å². The van der Waals surface area contributed by atoms with E-state index in [-0.39, 0.29) is 6.42 Å². The minimum atomic E-state index is -1.21. The van der Waals surface area contributed by atoms with E-state index < -0.39 is 23.8 Å². The summed E-state index contributed by atoms with van der Waals surface area (Å²) in [5.41, 5.74) is 4.89. The zero-order valence-corrected chi connectivity index (χ0v) is 7.69. The summed E-state index contributed by atoms with van der Waals surface area (Å²) in [7, 11) is 0. The van der Waals surface area contributed by atoms with Gasteiger partial charge < -0.3 is 16.2 Å². The third-order valence-electron chi connectivity index (χ3n) is 1.27. The van der Waals surface area contributed by atoms with Gasteiger partial charge in [0.15, 0.2) is 0 Å². The second kappa shape index (κ2) is 5.74. The number of carbonyl (C=O) groups excluding carboxylic acids is 2. The largest absolute Gasteiger partial charge is 0.478 e. The molecule has 1 atom stereocenters. The Labute approximate surface area is 80.8 Å². The number of primary amides is 1. The van der Waals surface area contributed by atoms with E-state index in [0.717, 1.165) is 6.08 Å². The molecule has 0 radical (unpaired) electrons. The lowest BCUT2D eigenvalue weighted by Gasteiger charge is -2.09. The van der Waals surface area contributed by atoms with Gasteiger partial charge in [0.25, 0.3) is 0 Å². The van der Waals surface area contributed by atoms with Crippen LogP contribution in [-0.4, -0.2) is 28.9 Å². The third kappa shape index (κ3) is 6.84. The van der Waals surface area contributed by atoms with E-state index in [9.17, 15) is 14.4 Å². The predicted octanol–water partition coefficient (Wildman–Crippen LogP) is -0.993. The van der Waals surface area contributed by atoms with Crippen molar-refractivity contribution in [3.8, 4) is 0 Å². The molecule has 1 unspecified atom stereocenters. The zero-order valence-electron chi connectivity index (χ0n) is 7.69. The lowest BCUT2D eigenvalue weighted by Crippen LogP contribution is -2.34. The van der Waals surface area contributed by atoms with E-state index in [4.69, 9.17) is 10.8 Å². The molecule has 0 saturated heterocycles. The Bertz CT molecular complexity index is 273. The zero-order chi connectivity index (χ0) is 11.1. The van der Waals surface area contributed by atoms with Crippen LogP contribution >= 0.6 is 0 Å². The number of carboxylic acid groups (broad SMARTS) is 1. The lowest BCUT2D eigenvalue weighted by molar-refractivity contribution is -0.131. The first-order valence-corrected chi connectivity index (χ1v) is 3.91. The van der Waals surface area contributed by atoms with Crippen molar-refractivity contribution in [2.75, 3.05) is 0 Å². The molecular formula is C8H12N2O4. The standard InChI is InChI=1S/C8H12N2O4/c1-5(4-6(9)11)10-7(12)2-3-8(13)14/h2-3,5H,4H2,1H3,(H2,9,11)(H,10,12)(H,13,14)/b3-2+. The molecule has 0 rings (SSSR count). The molecule has 0 aliphatic heterocycles. The average Bonchev–Trinajstić information content (AvgIpc) is 1.98. The molecule has 0 saturated carbocycles. The minimum absolute atomic E-state index is 0.0205. The number of carbonyl (C=O) groups is 3. The first-order valence-electron chi connectivity index (χ1n) is 3.91. The van der Waals surface area contributed by atoms with Crippen molar-refractivity contribution < 1.29 is 19.5 Å². The average molecular weight is 200 g/mol. The summed E-state index contributed by atoms with van der Waals surface area (Å²) in [5.74, 6) is -2.30. The number of rotatable bonds is 5. The molecule has 0 fully saturated rings. The molecule has 0 bridgehead atoms. The van der Waals surface area contributed by atoms with Gasteiger partial charge >= 0.3 is 5.97 Å². The van der Waals surface area contributed by atoms with Crippen LogP contribution in [0.4, 0.5) is 0 Å². The highest BCUT2D eigenvalue weighted by molar-refractivity contribution is 5.94. The van der Waals surface area contributed by atoms with E-state index in [2.05, 4.69) is 5.32 Å². The molecule has 2 amide bonds. The Hall–Kier alpha value is -1.85. The maximum atomic E-state index is 10.9. The number of hydrogen-bond donors (Lipinski definition) is 3. The fourth-order valence-corrected chi connectivity index (χ4v) is 0.791. The number of aliphatic carboxylic acids is 1. The highest BCUT2D eigenvalue weighted by Gasteiger charge is 2.07. The number of nitrogens with one attached hydrogen (secondary N) is 1. The normalized spacial score (nSPS) is 12.4. The second-order valence-electron chi connectivity index (χ2n) is 2.75. The van der Waals surface area contributed by atoms with Crippen molar-refractivity contribution in [1.29, 1.82) is 0 Å². The molecule has 0 heterocycles. The molecule has 0 aromatic rings. The van der Waals surface area contributed by atoms with Crippen LogP contribution in [0.2, 0.25) is 0 Å². The number of hydrogen-bond acceptors (Lipinski definition) is 3. The molecule has 6 heteroatoms. The SMILES string of the molecule is CC(CC(N)=O)NC(=O)/C=C/C(=O)O. The Balaban J connectivity index is 3.94. The van der Waals surface area contributed by atoms with Gasteiger partial charge in [-0.05, 0) is 6.92 Å². The van der Waals surface area contributed by atoms with Crippen molar-refractivity contribution >= 4 is 17.8 Å². The Morgan fingerprint density at radius 2 is 2.00 bits per heavy atom. The molecular weight excluding hydrogens is 188 g/mol. The highest BCUT2D eigenvalue weighted by Crippen LogP contribution is 1.89. The predicted molar refractivity (Wildman–Crippen MR) is 48.2 cm³/mol. The maximum absolute atomic E-state index is 10.9. The van der Waals surface area contributed by atoms with Crippen LogP contribution in [0.1, 0.15) is 13.3 Å². The number of amides is 2. The van der Waals surface area contributed by atoms with Crippen molar-refractivity contribution in [2.24, 2.45) is 5.73 Å². The summed E-state index contributed by atoms with van der Waals surface area (Å²) >= 11 is 0. The Kier molecular flexibility index (Phi) is 4.98. The van der Waals surface area contributed by atoms with E-state index in [1.807, 2.05) is 0 Å². The minimum Gasteiger partial charge on any atom is -0.478 e. The summed E-state index contributed by atoms with van der Waals surface area (Å²) in [5, 5.41) is 10.6. The summed E-state index contributed by atoms with van der Waals surface area (Å²) in [4.78, 5) is 31.4. The smallest absolute Gasteiger partial charge is 0.328 e. The lowest BCUT2D eigenvalue weighted by atomic mass is 10.2. The van der Waals surface area contributed by atoms with Crippen molar-refractivity contribution in [3.63, 3.8) is 0 Å². The van der Waals surface area contributed by atoms with Crippen LogP contribution in [-0.2, 0) is 14.4 Å². The Morgan fingerprint density at radius 1 is 1.43 bits per heavy atom. The van der Waals surface area contributed by atoms with Crippen LogP contribution in [0.25, 0.3) is 0 Å². The molecule has 4 N–H and O–H groups in total. The number of carboxylic acids is 1. The van der Waals surface area contributed by atoms with Gasteiger partial charge in [0.1, 0.15) is 0 Å². The van der Waals surface area contributed by atoms with Crippen LogP contribution in [0.15, 0.2) is 12.2 Å². The van der Waals surface area contributed by atoms with Gasteiger partial charge in [-0.15, -0.1) is 0 Å². The third-order valence-corrected chi connectivity index (χ3v) is 1.27. The van der Waals surface area contributed by atoms with Crippen LogP contribution in [0.5, 0.6) is 0 Å². The quantitative estimate of drug-likeness (QED) is 0.495. The fourth-order valence-electron chi connectivity index (χ4n) is 0.791. The van der Waals surface area contributed by atoms with Crippen LogP contribution < -0.4 is 11.1 Å². The van der Waals surface area contributed by atoms with Gasteiger partial charge in [-0.3, -0.25) is 9.59 Å². The van der Waals surface area contributed by atoms with Gasteiger partial charge in [0, 0.05) is 24.6 Å². The van der Waals surface area contributed by atoms with Gasteiger partial charge in [0.05, 0.1) is 0 Å². The van der Waals surface area contributed by atoms with E-state index in [0.29, 0.717) is 6.08 Å². The molecule has 0 aromatic carbocycles. The van der Waals surface area contributed by atoms with Gasteiger partial charge in [0.2, 0.25) is 11.8 Å². The molecule has 0 aromatic heterocycles. The van der Waals surface area contributed by atoms with Gasteiger partial charge in [-0.25, -0.2) is 4.79 Å².